The second kappa shape index (κ2) is 7.45. The minimum atomic E-state index is -2.09. The molecule has 1 aromatic rings. The second-order valence-corrected chi connectivity index (χ2v) is 8.20. The number of ether oxygens (including phenoxy) is 1. The first kappa shape index (κ1) is 19.6. The fraction of sp³-hybridized carbons (Fsp3) is 0.588. The maximum atomic E-state index is 12.2. The first-order chi connectivity index (χ1) is 10.4. The van der Waals surface area contributed by atoms with Crippen molar-refractivity contribution in [2.75, 3.05) is 11.9 Å². The van der Waals surface area contributed by atoms with Crippen LogP contribution in [-0.4, -0.2) is 32.8 Å². The molecule has 1 amide bonds. The van der Waals surface area contributed by atoms with E-state index in [1.165, 1.54) is 4.90 Å². The van der Waals surface area contributed by atoms with Crippen LogP contribution in [0.2, 0.25) is 0 Å². The van der Waals surface area contributed by atoms with Gasteiger partial charge in [0.15, 0.2) is 0 Å². The molecule has 6 heteroatoms. The Labute approximate surface area is 141 Å². The SMILES string of the molecule is Cc1cc(N(C)C(=O)OC(C)(C)C)cc(C)c1CC(C)S(=O)[O-]. The molecule has 130 valence electrons. The molecule has 2 atom stereocenters. The van der Waals surface area contributed by atoms with Crippen LogP contribution in [0, 0.1) is 13.8 Å². The highest BCUT2D eigenvalue weighted by molar-refractivity contribution is 7.79. The average molecular weight is 340 g/mol. The van der Waals surface area contributed by atoms with Crippen molar-refractivity contribution in [2.24, 2.45) is 0 Å². The molecule has 0 fully saturated rings. The smallest absolute Gasteiger partial charge is 0.414 e. The number of aryl methyl sites for hydroxylation is 2. The fourth-order valence-corrected chi connectivity index (χ4v) is 2.58. The van der Waals surface area contributed by atoms with Crippen LogP contribution in [0.5, 0.6) is 0 Å². The van der Waals surface area contributed by atoms with Crippen molar-refractivity contribution in [1.82, 2.24) is 0 Å². The largest absolute Gasteiger partial charge is 0.772 e. The van der Waals surface area contributed by atoms with Crippen molar-refractivity contribution in [3.8, 4) is 0 Å². The molecule has 0 aromatic heterocycles. The number of rotatable bonds is 4. The van der Waals surface area contributed by atoms with Crippen molar-refractivity contribution in [3.63, 3.8) is 0 Å². The third-order valence-corrected chi connectivity index (χ3v) is 4.38. The number of benzene rings is 1. The van der Waals surface area contributed by atoms with Gasteiger partial charge in [0, 0.05) is 18.0 Å². The number of nitrogens with zero attached hydrogens (tertiary/aromatic N) is 1. The number of hydrogen-bond acceptors (Lipinski definition) is 4. The van der Waals surface area contributed by atoms with Gasteiger partial charge in [0.2, 0.25) is 0 Å². The zero-order valence-electron chi connectivity index (χ0n) is 14.9. The predicted molar refractivity (Wildman–Crippen MR) is 92.6 cm³/mol. The Morgan fingerprint density at radius 3 is 2.17 bits per heavy atom. The molecule has 0 saturated heterocycles. The molecule has 5 nitrogen and oxygen atoms in total. The van der Waals surface area contributed by atoms with Gasteiger partial charge in [0.1, 0.15) is 5.60 Å². The van der Waals surface area contributed by atoms with Crippen LogP contribution in [0.3, 0.4) is 0 Å². The van der Waals surface area contributed by atoms with E-state index in [4.69, 9.17) is 4.74 Å². The fourth-order valence-electron chi connectivity index (χ4n) is 2.28. The van der Waals surface area contributed by atoms with Crippen LogP contribution < -0.4 is 4.90 Å². The lowest BCUT2D eigenvalue weighted by Gasteiger charge is -2.26. The minimum Gasteiger partial charge on any atom is -0.772 e. The van der Waals surface area contributed by atoms with E-state index in [0.29, 0.717) is 6.42 Å². The third-order valence-electron chi connectivity index (χ3n) is 3.56. The van der Waals surface area contributed by atoms with Gasteiger partial charge in [-0.2, -0.15) is 0 Å². The van der Waals surface area contributed by atoms with Gasteiger partial charge >= 0.3 is 6.09 Å². The molecule has 23 heavy (non-hydrogen) atoms. The van der Waals surface area contributed by atoms with Crippen molar-refractivity contribution < 1.29 is 18.3 Å². The van der Waals surface area contributed by atoms with E-state index in [0.717, 1.165) is 22.4 Å². The Morgan fingerprint density at radius 2 is 1.78 bits per heavy atom. The molecule has 0 N–H and O–H groups in total. The zero-order chi connectivity index (χ0) is 17.9. The van der Waals surface area contributed by atoms with Gasteiger partial charge in [-0.3, -0.25) is 9.11 Å². The van der Waals surface area contributed by atoms with Gasteiger partial charge < -0.3 is 9.29 Å². The van der Waals surface area contributed by atoms with Crippen molar-refractivity contribution in [2.45, 2.75) is 58.8 Å². The summed E-state index contributed by atoms with van der Waals surface area (Å²) in [5.41, 5.74) is 3.11. The van der Waals surface area contributed by atoms with Gasteiger partial charge in [-0.1, -0.05) is 18.0 Å². The van der Waals surface area contributed by atoms with E-state index in [-0.39, 0.29) is 0 Å². The van der Waals surface area contributed by atoms with Gasteiger partial charge in [-0.15, -0.1) is 0 Å². The Morgan fingerprint density at radius 1 is 1.30 bits per heavy atom. The molecule has 0 saturated carbocycles. The van der Waals surface area contributed by atoms with Gasteiger partial charge in [0.25, 0.3) is 0 Å². The molecular formula is C17H26NO4S-. The molecular weight excluding hydrogens is 314 g/mol. The molecule has 2 unspecified atom stereocenters. The quantitative estimate of drug-likeness (QED) is 0.787. The Bertz CT molecular complexity index is 584. The third kappa shape index (κ3) is 5.62. The molecule has 0 aliphatic carbocycles. The predicted octanol–water partition coefficient (Wildman–Crippen LogP) is 3.48. The van der Waals surface area contributed by atoms with E-state index >= 15 is 0 Å². The number of carbonyl (C=O) groups is 1. The summed E-state index contributed by atoms with van der Waals surface area (Å²) in [7, 11) is 1.66. The molecule has 0 aliphatic heterocycles. The number of carbonyl (C=O) groups excluding carboxylic acids is 1. The van der Waals surface area contributed by atoms with Gasteiger partial charge in [-0.25, -0.2) is 4.79 Å². The summed E-state index contributed by atoms with van der Waals surface area (Å²) in [6, 6.07) is 3.76. The topological polar surface area (TPSA) is 69.7 Å². The highest BCUT2D eigenvalue weighted by atomic mass is 32.2. The molecule has 0 spiro atoms. The van der Waals surface area contributed by atoms with Crippen LogP contribution in [0.25, 0.3) is 0 Å². The van der Waals surface area contributed by atoms with E-state index in [1.807, 2.05) is 46.8 Å². The minimum absolute atomic E-state index is 0.418. The Kier molecular flexibility index (Phi) is 6.36. The maximum absolute atomic E-state index is 12.2. The van der Waals surface area contributed by atoms with Gasteiger partial charge in [-0.05, 0) is 69.9 Å². The lowest BCUT2D eigenvalue weighted by Crippen LogP contribution is -2.34. The normalized spacial score (nSPS) is 14.3. The summed E-state index contributed by atoms with van der Waals surface area (Å²) in [6.45, 7) is 11.0. The van der Waals surface area contributed by atoms with Gasteiger partial charge in [0.05, 0.1) is 0 Å². The standard InChI is InChI=1S/C17H27NO4S/c1-11-8-14(18(7)16(19)22-17(4,5)6)9-12(2)15(11)10-13(3)23(20)21/h8-9,13H,10H2,1-7H3,(H,20,21)/p-1. The summed E-state index contributed by atoms with van der Waals surface area (Å²) in [5, 5.41) is -0.443. The maximum Gasteiger partial charge on any atom is 0.414 e. The molecule has 0 aliphatic rings. The summed E-state index contributed by atoms with van der Waals surface area (Å²) in [4.78, 5) is 13.6. The second-order valence-electron chi connectivity index (χ2n) is 6.87. The van der Waals surface area contributed by atoms with Crippen LogP contribution in [0.15, 0.2) is 12.1 Å². The Balaban J connectivity index is 3.04. The van der Waals surface area contributed by atoms with E-state index in [1.54, 1.807) is 14.0 Å². The van der Waals surface area contributed by atoms with E-state index in [2.05, 4.69) is 0 Å². The summed E-state index contributed by atoms with van der Waals surface area (Å²) < 4.78 is 27.5. The van der Waals surface area contributed by atoms with Crippen LogP contribution in [0.1, 0.15) is 44.4 Å². The summed E-state index contributed by atoms with van der Waals surface area (Å²) >= 11 is -2.09. The van der Waals surface area contributed by atoms with E-state index < -0.39 is 28.0 Å². The van der Waals surface area contributed by atoms with Crippen LogP contribution in [0.4, 0.5) is 10.5 Å². The monoisotopic (exact) mass is 340 g/mol. The molecule has 1 rings (SSSR count). The summed E-state index contributed by atoms with van der Waals surface area (Å²) in [5.74, 6) is 0. The first-order valence-corrected chi connectivity index (χ1v) is 8.71. The van der Waals surface area contributed by atoms with Crippen LogP contribution >= 0.6 is 0 Å². The Hall–Kier alpha value is -1.40. The lowest BCUT2D eigenvalue weighted by molar-refractivity contribution is 0.0589. The number of amides is 1. The number of hydrogen-bond donors (Lipinski definition) is 0. The highest BCUT2D eigenvalue weighted by Gasteiger charge is 2.21. The zero-order valence-corrected chi connectivity index (χ0v) is 15.7. The molecule has 0 heterocycles. The van der Waals surface area contributed by atoms with Crippen molar-refractivity contribution >= 4 is 22.9 Å². The van der Waals surface area contributed by atoms with Crippen LogP contribution in [-0.2, 0) is 22.2 Å². The van der Waals surface area contributed by atoms with Crippen molar-refractivity contribution in [3.05, 3.63) is 28.8 Å². The lowest BCUT2D eigenvalue weighted by atomic mass is 9.97. The average Bonchev–Trinajstić information content (AvgIpc) is 2.39. The number of anilines is 1. The highest BCUT2D eigenvalue weighted by Crippen LogP contribution is 2.25. The molecule has 1 aromatic carbocycles. The van der Waals surface area contributed by atoms with Crippen molar-refractivity contribution in [1.29, 1.82) is 0 Å². The summed E-state index contributed by atoms with van der Waals surface area (Å²) in [6.07, 6.45) is 0.0441. The molecule has 0 radical (unpaired) electrons. The molecule has 0 bridgehead atoms. The van der Waals surface area contributed by atoms with E-state index in [9.17, 15) is 13.6 Å². The first-order valence-electron chi connectivity index (χ1n) is 7.57.